The number of nitrogens with zero attached hydrogens (tertiary/aromatic N) is 4. The van der Waals surface area contributed by atoms with Gasteiger partial charge >= 0.3 is 11.7 Å². The number of carbonyl (C=O) groups is 2. The van der Waals surface area contributed by atoms with Crippen LogP contribution < -0.4 is 11.2 Å². The number of fused-ring (bicyclic) bond motifs is 1. The van der Waals surface area contributed by atoms with E-state index in [0.717, 1.165) is 19.3 Å². The number of rotatable bonds is 8. The van der Waals surface area contributed by atoms with Gasteiger partial charge in [-0.25, -0.2) is 9.78 Å². The van der Waals surface area contributed by atoms with Crippen LogP contribution in [0.4, 0.5) is 0 Å². The van der Waals surface area contributed by atoms with Gasteiger partial charge in [-0.1, -0.05) is 20.3 Å². The topological polar surface area (TPSA) is 119 Å². The second kappa shape index (κ2) is 8.62. The Morgan fingerprint density at radius 2 is 1.93 bits per heavy atom. The number of ether oxygens (including phenoxy) is 1. The average Bonchev–Trinajstić information content (AvgIpc) is 3.21. The maximum absolute atomic E-state index is 12.5. The molecule has 0 aromatic carbocycles. The molecule has 1 aliphatic heterocycles. The highest BCUT2D eigenvalue weighted by molar-refractivity contribution is 5.99. The minimum atomic E-state index is -0.796. The first-order valence-electron chi connectivity index (χ1n) is 10.0. The molecule has 29 heavy (non-hydrogen) atoms. The molecule has 2 aromatic heterocycles. The lowest BCUT2D eigenvalue weighted by atomic mass is 10.1. The lowest BCUT2D eigenvalue weighted by molar-refractivity contribution is -0.154. The Labute approximate surface area is 167 Å². The van der Waals surface area contributed by atoms with Crippen molar-refractivity contribution in [3.05, 3.63) is 26.7 Å². The quantitative estimate of drug-likeness (QED) is 0.508. The second-order valence-corrected chi connectivity index (χ2v) is 7.33. The van der Waals surface area contributed by atoms with Crippen LogP contribution >= 0.6 is 0 Å². The SMILES string of the molecule is CCCCn1c(=O)[nH]c(=O)c2c1nc(COC(=O)[C@H]1CCN(C)C1=O)n2CCC. The molecule has 158 valence electrons. The number of unbranched alkanes of at least 4 members (excludes halogenated alkanes) is 1. The predicted octanol–water partition coefficient (Wildman–Crippen LogP) is 0.618. The molecule has 3 heterocycles. The number of aryl methyl sites for hydroxylation is 2. The summed E-state index contributed by atoms with van der Waals surface area (Å²) in [6, 6.07) is 0. The standard InChI is InChI=1S/C19H27N5O5/c1-4-6-9-24-15-14(16(25)21-19(24)28)23(8-5-2)13(20-15)11-29-18(27)12-7-10-22(3)17(12)26/h12H,4-11H2,1-3H3,(H,21,25,28)/t12-/m0/s1. The maximum atomic E-state index is 12.5. The summed E-state index contributed by atoms with van der Waals surface area (Å²) >= 11 is 0. The van der Waals surface area contributed by atoms with Gasteiger partial charge in [0.05, 0.1) is 0 Å². The Hall–Kier alpha value is -2.91. The molecule has 0 saturated carbocycles. The molecule has 3 rings (SSSR count). The van der Waals surface area contributed by atoms with Gasteiger partial charge < -0.3 is 14.2 Å². The zero-order valence-electron chi connectivity index (χ0n) is 17.1. The summed E-state index contributed by atoms with van der Waals surface area (Å²) in [5, 5.41) is 0. The van der Waals surface area contributed by atoms with Crippen molar-refractivity contribution < 1.29 is 14.3 Å². The lowest BCUT2D eigenvalue weighted by Crippen LogP contribution is -2.31. The molecule has 0 spiro atoms. The van der Waals surface area contributed by atoms with Crippen molar-refractivity contribution in [3.63, 3.8) is 0 Å². The van der Waals surface area contributed by atoms with Gasteiger partial charge in [0.25, 0.3) is 5.56 Å². The minimum Gasteiger partial charge on any atom is -0.457 e. The molecule has 0 aliphatic carbocycles. The van der Waals surface area contributed by atoms with E-state index in [4.69, 9.17) is 4.74 Å². The van der Waals surface area contributed by atoms with Gasteiger partial charge in [0, 0.05) is 26.7 Å². The molecule has 0 unspecified atom stereocenters. The van der Waals surface area contributed by atoms with Gasteiger partial charge in [-0.15, -0.1) is 0 Å². The van der Waals surface area contributed by atoms with E-state index in [9.17, 15) is 19.2 Å². The number of hydrogen-bond acceptors (Lipinski definition) is 6. The van der Waals surface area contributed by atoms with Crippen molar-refractivity contribution in [2.75, 3.05) is 13.6 Å². The van der Waals surface area contributed by atoms with Crippen LogP contribution in [-0.4, -0.2) is 49.5 Å². The average molecular weight is 405 g/mol. The molecule has 1 aliphatic rings. The van der Waals surface area contributed by atoms with E-state index < -0.39 is 23.1 Å². The molecular weight excluding hydrogens is 378 g/mol. The number of aromatic nitrogens is 4. The summed E-state index contributed by atoms with van der Waals surface area (Å²) in [6.45, 7) is 5.25. The van der Waals surface area contributed by atoms with Crippen LogP contribution in [0.5, 0.6) is 0 Å². The number of esters is 1. The molecule has 1 amide bonds. The molecule has 0 radical (unpaired) electrons. The third kappa shape index (κ3) is 3.96. The first-order valence-corrected chi connectivity index (χ1v) is 10.0. The number of H-pyrrole nitrogens is 1. The summed E-state index contributed by atoms with van der Waals surface area (Å²) in [6.07, 6.45) is 2.81. The molecule has 1 N–H and O–H groups in total. The van der Waals surface area contributed by atoms with E-state index in [0.29, 0.717) is 43.0 Å². The number of imidazole rings is 1. The fraction of sp³-hybridized carbons (Fsp3) is 0.632. The van der Waals surface area contributed by atoms with E-state index in [2.05, 4.69) is 9.97 Å². The van der Waals surface area contributed by atoms with E-state index in [-0.39, 0.29) is 12.5 Å². The monoisotopic (exact) mass is 405 g/mol. The molecular formula is C19H27N5O5. The van der Waals surface area contributed by atoms with Gasteiger partial charge in [-0.3, -0.25) is 23.9 Å². The Bertz CT molecular complexity index is 1030. The van der Waals surface area contributed by atoms with Crippen LogP contribution in [0, 0.1) is 5.92 Å². The summed E-state index contributed by atoms with van der Waals surface area (Å²) in [7, 11) is 1.65. The molecule has 2 aromatic rings. The van der Waals surface area contributed by atoms with Crippen molar-refractivity contribution in [1.82, 2.24) is 24.0 Å². The van der Waals surface area contributed by atoms with E-state index in [1.54, 1.807) is 11.6 Å². The van der Waals surface area contributed by atoms with Crippen molar-refractivity contribution in [1.29, 1.82) is 0 Å². The Morgan fingerprint density at radius 1 is 1.17 bits per heavy atom. The van der Waals surface area contributed by atoms with E-state index in [1.165, 1.54) is 9.47 Å². The molecule has 10 nitrogen and oxygen atoms in total. The number of carbonyl (C=O) groups excluding carboxylic acids is 2. The Morgan fingerprint density at radius 3 is 2.55 bits per heavy atom. The van der Waals surface area contributed by atoms with Crippen molar-refractivity contribution in [2.45, 2.75) is 59.2 Å². The summed E-state index contributed by atoms with van der Waals surface area (Å²) in [5.41, 5.74) is -0.419. The van der Waals surface area contributed by atoms with Crippen LogP contribution in [0.15, 0.2) is 9.59 Å². The third-order valence-corrected chi connectivity index (χ3v) is 5.20. The molecule has 1 atom stereocenters. The van der Waals surface area contributed by atoms with Gasteiger partial charge in [-0.05, 0) is 19.3 Å². The normalized spacial score (nSPS) is 16.7. The van der Waals surface area contributed by atoms with E-state index in [1.807, 2.05) is 13.8 Å². The van der Waals surface area contributed by atoms with Gasteiger partial charge in [-0.2, -0.15) is 0 Å². The summed E-state index contributed by atoms with van der Waals surface area (Å²) in [5.74, 6) is -1.25. The largest absolute Gasteiger partial charge is 0.457 e. The van der Waals surface area contributed by atoms with Gasteiger partial charge in [0.15, 0.2) is 11.2 Å². The fourth-order valence-electron chi connectivity index (χ4n) is 3.59. The number of aromatic amines is 1. The number of amides is 1. The minimum absolute atomic E-state index is 0.164. The molecule has 1 saturated heterocycles. The summed E-state index contributed by atoms with van der Waals surface area (Å²) < 4.78 is 8.51. The first-order chi connectivity index (χ1) is 13.9. The highest BCUT2D eigenvalue weighted by Crippen LogP contribution is 2.19. The first kappa shape index (κ1) is 20.8. The van der Waals surface area contributed by atoms with Crippen molar-refractivity contribution in [2.24, 2.45) is 5.92 Å². The van der Waals surface area contributed by atoms with Crippen LogP contribution in [0.1, 0.15) is 45.4 Å². The Balaban J connectivity index is 1.94. The van der Waals surface area contributed by atoms with Gasteiger partial charge in [0.2, 0.25) is 5.91 Å². The number of hydrogen-bond donors (Lipinski definition) is 1. The highest BCUT2D eigenvalue weighted by atomic mass is 16.5. The third-order valence-electron chi connectivity index (χ3n) is 5.20. The number of nitrogens with one attached hydrogen (secondary N) is 1. The van der Waals surface area contributed by atoms with Crippen LogP contribution in [0.2, 0.25) is 0 Å². The van der Waals surface area contributed by atoms with Crippen molar-refractivity contribution >= 4 is 23.0 Å². The van der Waals surface area contributed by atoms with Crippen LogP contribution in [0.3, 0.4) is 0 Å². The predicted molar refractivity (Wildman–Crippen MR) is 105 cm³/mol. The Kier molecular flexibility index (Phi) is 6.19. The van der Waals surface area contributed by atoms with Crippen LogP contribution in [0.25, 0.3) is 11.2 Å². The number of likely N-dealkylation sites (tertiary alicyclic amines) is 1. The molecule has 0 bridgehead atoms. The zero-order chi connectivity index (χ0) is 21.1. The molecule has 10 heteroatoms. The second-order valence-electron chi connectivity index (χ2n) is 7.33. The highest BCUT2D eigenvalue weighted by Gasteiger charge is 2.36. The summed E-state index contributed by atoms with van der Waals surface area (Å²) in [4.78, 5) is 57.5. The van der Waals surface area contributed by atoms with E-state index >= 15 is 0 Å². The van der Waals surface area contributed by atoms with Crippen LogP contribution in [-0.2, 0) is 34.0 Å². The maximum Gasteiger partial charge on any atom is 0.330 e. The van der Waals surface area contributed by atoms with Gasteiger partial charge in [0.1, 0.15) is 18.3 Å². The lowest BCUT2D eigenvalue weighted by Gasteiger charge is -2.11. The fourth-order valence-corrected chi connectivity index (χ4v) is 3.59. The molecule has 1 fully saturated rings. The zero-order valence-corrected chi connectivity index (χ0v) is 17.1. The smallest absolute Gasteiger partial charge is 0.330 e. The van der Waals surface area contributed by atoms with Crippen molar-refractivity contribution in [3.8, 4) is 0 Å².